The number of carbonyl (C=O) groups is 1. The number of aryl methyl sites for hydroxylation is 1. The first kappa shape index (κ1) is 17.3. The van der Waals surface area contributed by atoms with Crippen LogP contribution in [0.1, 0.15) is 40.5 Å². The zero-order chi connectivity index (χ0) is 18.8. The fourth-order valence-corrected chi connectivity index (χ4v) is 3.33. The molecule has 0 saturated heterocycles. The highest BCUT2D eigenvalue weighted by Gasteiger charge is 2.33. The second-order valence-corrected chi connectivity index (χ2v) is 6.99. The number of nitrogens with one attached hydrogen (secondary N) is 1. The Balaban J connectivity index is 1.50. The van der Waals surface area contributed by atoms with Crippen LogP contribution < -0.4 is 10.1 Å². The second-order valence-electron chi connectivity index (χ2n) is 6.99. The van der Waals surface area contributed by atoms with E-state index in [9.17, 15) is 4.79 Å². The number of nitrogens with zero attached hydrogens (tertiary/aromatic N) is 2. The molecule has 0 bridgehead atoms. The van der Waals surface area contributed by atoms with Crippen LogP contribution in [-0.4, -0.2) is 22.8 Å². The molecule has 1 aliphatic carbocycles. The van der Waals surface area contributed by atoms with Crippen LogP contribution in [0.2, 0.25) is 0 Å². The maximum Gasteiger partial charge on any atom is 0.251 e. The zero-order valence-corrected chi connectivity index (χ0v) is 15.6. The van der Waals surface area contributed by atoms with Crippen molar-refractivity contribution in [1.82, 2.24) is 15.1 Å². The Morgan fingerprint density at radius 1 is 1.11 bits per heavy atom. The zero-order valence-electron chi connectivity index (χ0n) is 15.6. The van der Waals surface area contributed by atoms with Crippen LogP contribution in [0.25, 0.3) is 5.69 Å². The summed E-state index contributed by atoms with van der Waals surface area (Å²) in [6.45, 7) is 2.00. The molecule has 1 heterocycles. The van der Waals surface area contributed by atoms with E-state index in [1.54, 1.807) is 13.3 Å². The van der Waals surface area contributed by atoms with Crippen LogP contribution in [0.5, 0.6) is 5.75 Å². The molecule has 1 aromatic heterocycles. The lowest BCUT2D eigenvalue weighted by Crippen LogP contribution is -2.29. The van der Waals surface area contributed by atoms with E-state index in [4.69, 9.17) is 4.74 Å². The molecule has 1 atom stereocenters. The molecule has 3 aromatic rings. The van der Waals surface area contributed by atoms with E-state index >= 15 is 0 Å². The topological polar surface area (TPSA) is 56.1 Å². The van der Waals surface area contributed by atoms with Gasteiger partial charge in [0.15, 0.2) is 0 Å². The van der Waals surface area contributed by atoms with E-state index in [0.717, 1.165) is 35.5 Å². The van der Waals surface area contributed by atoms with E-state index in [0.29, 0.717) is 11.5 Å². The first-order valence-electron chi connectivity index (χ1n) is 9.21. The van der Waals surface area contributed by atoms with E-state index in [-0.39, 0.29) is 11.9 Å². The quantitative estimate of drug-likeness (QED) is 0.720. The Morgan fingerprint density at radius 2 is 1.81 bits per heavy atom. The van der Waals surface area contributed by atoms with Crippen LogP contribution in [0.15, 0.2) is 60.8 Å². The predicted octanol–water partition coefficient (Wildman–Crippen LogP) is 4.07. The van der Waals surface area contributed by atoms with E-state index < -0.39 is 0 Å². The maximum absolute atomic E-state index is 12.8. The molecule has 0 spiro atoms. The molecule has 1 saturated carbocycles. The number of ether oxygens (including phenoxy) is 1. The van der Waals surface area contributed by atoms with Gasteiger partial charge in [0.05, 0.1) is 18.8 Å². The van der Waals surface area contributed by atoms with Gasteiger partial charge < -0.3 is 10.1 Å². The van der Waals surface area contributed by atoms with Gasteiger partial charge in [-0.2, -0.15) is 5.10 Å². The summed E-state index contributed by atoms with van der Waals surface area (Å²) in [6, 6.07) is 17.5. The van der Waals surface area contributed by atoms with Gasteiger partial charge >= 0.3 is 0 Å². The molecular formula is C22H23N3O2. The molecule has 27 heavy (non-hydrogen) atoms. The molecule has 1 N–H and O–H groups in total. The van der Waals surface area contributed by atoms with Crippen LogP contribution in [0.3, 0.4) is 0 Å². The van der Waals surface area contributed by atoms with Gasteiger partial charge in [-0.3, -0.25) is 4.79 Å². The SMILES string of the molecule is COc1ccc([C@@H](NC(=O)c2ccc(-n3nccc3C)cc2)C2CC2)cc1. The third-order valence-corrected chi connectivity index (χ3v) is 5.06. The molecule has 0 radical (unpaired) electrons. The number of amides is 1. The lowest BCUT2D eigenvalue weighted by atomic mass is 10.0. The largest absolute Gasteiger partial charge is 0.497 e. The molecule has 0 aliphatic heterocycles. The summed E-state index contributed by atoms with van der Waals surface area (Å²) in [5.74, 6) is 1.28. The standard InChI is InChI=1S/C22H23N3O2/c1-15-13-14-23-25(15)19-9-5-18(6-10-19)22(26)24-21(16-3-4-16)17-7-11-20(27-2)12-8-17/h5-14,16,21H,3-4H2,1-2H3,(H,24,26)/t21-/m0/s1. The minimum Gasteiger partial charge on any atom is -0.497 e. The van der Waals surface area contributed by atoms with Gasteiger partial charge in [-0.05, 0) is 73.7 Å². The van der Waals surface area contributed by atoms with Gasteiger partial charge in [0.2, 0.25) is 0 Å². The lowest BCUT2D eigenvalue weighted by Gasteiger charge is -2.19. The molecule has 2 aromatic carbocycles. The summed E-state index contributed by atoms with van der Waals surface area (Å²) in [5, 5.41) is 7.51. The van der Waals surface area contributed by atoms with Crippen LogP contribution in [0, 0.1) is 12.8 Å². The van der Waals surface area contributed by atoms with Crippen molar-refractivity contribution in [2.45, 2.75) is 25.8 Å². The number of rotatable bonds is 6. The van der Waals surface area contributed by atoms with E-state index in [2.05, 4.69) is 10.4 Å². The van der Waals surface area contributed by atoms with Crippen molar-refractivity contribution < 1.29 is 9.53 Å². The summed E-state index contributed by atoms with van der Waals surface area (Å²) in [6.07, 6.45) is 4.06. The molecule has 1 aliphatic rings. The van der Waals surface area contributed by atoms with Crippen molar-refractivity contribution in [3.8, 4) is 11.4 Å². The normalized spacial score (nSPS) is 14.6. The Kier molecular flexibility index (Phi) is 4.67. The van der Waals surface area contributed by atoms with Crippen LogP contribution in [-0.2, 0) is 0 Å². The first-order chi connectivity index (χ1) is 13.2. The fraction of sp³-hybridized carbons (Fsp3) is 0.273. The van der Waals surface area contributed by atoms with Gasteiger partial charge in [0, 0.05) is 17.5 Å². The monoisotopic (exact) mass is 361 g/mol. The number of carbonyl (C=O) groups excluding carboxylic acids is 1. The van der Waals surface area contributed by atoms with Gasteiger partial charge in [0.25, 0.3) is 5.91 Å². The lowest BCUT2D eigenvalue weighted by molar-refractivity contribution is 0.0931. The number of aromatic nitrogens is 2. The van der Waals surface area contributed by atoms with Crippen molar-refractivity contribution >= 4 is 5.91 Å². The molecule has 1 fully saturated rings. The summed E-state index contributed by atoms with van der Waals surface area (Å²) < 4.78 is 7.08. The van der Waals surface area contributed by atoms with Crippen molar-refractivity contribution in [2.75, 3.05) is 7.11 Å². The second kappa shape index (κ2) is 7.27. The predicted molar refractivity (Wildman–Crippen MR) is 104 cm³/mol. The third kappa shape index (κ3) is 3.72. The molecule has 5 heteroatoms. The number of benzene rings is 2. The van der Waals surface area contributed by atoms with Crippen molar-refractivity contribution in [1.29, 1.82) is 0 Å². The van der Waals surface area contributed by atoms with E-state index in [1.807, 2.05) is 66.2 Å². The summed E-state index contributed by atoms with van der Waals surface area (Å²) >= 11 is 0. The molecular weight excluding hydrogens is 338 g/mol. The fourth-order valence-electron chi connectivity index (χ4n) is 3.33. The minimum absolute atomic E-state index is 0.0384. The Labute approximate surface area is 159 Å². The third-order valence-electron chi connectivity index (χ3n) is 5.06. The summed E-state index contributed by atoms with van der Waals surface area (Å²) in [7, 11) is 1.66. The van der Waals surface area contributed by atoms with Gasteiger partial charge in [-0.25, -0.2) is 4.68 Å². The minimum atomic E-state index is -0.0496. The van der Waals surface area contributed by atoms with Gasteiger partial charge in [-0.1, -0.05) is 12.1 Å². The molecule has 1 amide bonds. The number of hydrogen-bond donors (Lipinski definition) is 1. The Bertz CT molecular complexity index is 925. The highest BCUT2D eigenvalue weighted by molar-refractivity contribution is 5.94. The number of methoxy groups -OCH3 is 1. The van der Waals surface area contributed by atoms with Gasteiger partial charge in [-0.15, -0.1) is 0 Å². The summed E-state index contributed by atoms with van der Waals surface area (Å²) in [4.78, 5) is 12.8. The molecule has 0 unspecified atom stereocenters. The van der Waals surface area contributed by atoms with Crippen molar-refractivity contribution in [3.63, 3.8) is 0 Å². The summed E-state index contributed by atoms with van der Waals surface area (Å²) in [5.41, 5.74) is 3.78. The van der Waals surface area contributed by atoms with Crippen LogP contribution >= 0.6 is 0 Å². The highest BCUT2D eigenvalue weighted by atomic mass is 16.5. The maximum atomic E-state index is 12.8. The highest BCUT2D eigenvalue weighted by Crippen LogP contribution is 2.41. The van der Waals surface area contributed by atoms with Crippen molar-refractivity contribution in [2.24, 2.45) is 5.92 Å². The number of hydrogen-bond acceptors (Lipinski definition) is 3. The Morgan fingerprint density at radius 3 is 2.37 bits per heavy atom. The van der Waals surface area contributed by atoms with Gasteiger partial charge in [0.1, 0.15) is 5.75 Å². The Hall–Kier alpha value is -3.08. The molecule has 138 valence electrons. The average molecular weight is 361 g/mol. The van der Waals surface area contributed by atoms with Crippen LogP contribution in [0.4, 0.5) is 0 Å². The van der Waals surface area contributed by atoms with Crippen molar-refractivity contribution in [3.05, 3.63) is 77.6 Å². The smallest absolute Gasteiger partial charge is 0.251 e. The first-order valence-corrected chi connectivity index (χ1v) is 9.21. The van der Waals surface area contributed by atoms with E-state index in [1.165, 1.54) is 0 Å². The molecule has 5 nitrogen and oxygen atoms in total. The molecule has 4 rings (SSSR count). The average Bonchev–Trinajstić information content (AvgIpc) is 3.46.